The van der Waals surface area contributed by atoms with Crippen molar-refractivity contribution in [3.8, 4) is 5.75 Å². The Hall–Kier alpha value is -3.47. The van der Waals surface area contributed by atoms with Crippen LogP contribution in [0.3, 0.4) is 0 Å². The van der Waals surface area contributed by atoms with Gasteiger partial charge in [-0.05, 0) is 90.5 Å². The van der Waals surface area contributed by atoms with E-state index in [0.717, 1.165) is 32.2 Å². The van der Waals surface area contributed by atoms with E-state index in [9.17, 15) is 19.5 Å². The molecule has 2 aromatic rings. The Morgan fingerprint density at radius 2 is 1.82 bits per heavy atom. The lowest BCUT2D eigenvalue weighted by atomic mass is 10.0. The van der Waals surface area contributed by atoms with Crippen molar-refractivity contribution in [1.82, 2.24) is 14.7 Å². The molecule has 4 atom stereocenters. The Balaban J connectivity index is 1.89. The average molecular weight is 625 g/mol. The first kappa shape index (κ1) is 36.0. The van der Waals surface area contributed by atoms with Gasteiger partial charge in [0.2, 0.25) is 5.91 Å². The largest absolute Gasteiger partial charge is 0.490 e. The van der Waals surface area contributed by atoms with E-state index in [-0.39, 0.29) is 49.0 Å². The Morgan fingerprint density at radius 1 is 1.09 bits per heavy atom. The van der Waals surface area contributed by atoms with E-state index >= 15 is 0 Å². The summed E-state index contributed by atoms with van der Waals surface area (Å²) in [4.78, 5) is 45.4. The highest BCUT2D eigenvalue weighted by Crippen LogP contribution is 2.28. The lowest BCUT2D eigenvalue weighted by Gasteiger charge is -2.36. The van der Waals surface area contributed by atoms with Crippen LogP contribution in [0.25, 0.3) is 0 Å². The topological polar surface area (TPSA) is 112 Å². The van der Waals surface area contributed by atoms with E-state index in [2.05, 4.69) is 5.32 Å². The van der Waals surface area contributed by atoms with Crippen LogP contribution in [0.4, 0.5) is 5.69 Å². The Labute approximate surface area is 268 Å². The Kier molecular flexibility index (Phi) is 14.3. The minimum absolute atomic E-state index is 0.0985. The molecule has 0 saturated carbocycles. The number of hydrogen-bond acceptors (Lipinski definition) is 7. The fourth-order valence-electron chi connectivity index (χ4n) is 5.40. The lowest BCUT2D eigenvalue weighted by Crippen LogP contribution is -2.48. The molecule has 1 heterocycles. The first-order valence-corrected chi connectivity index (χ1v) is 16.1. The maximum atomic E-state index is 14.3. The summed E-state index contributed by atoms with van der Waals surface area (Å²) in [5.41, 5.74) is 1.44. The quantitative estimate of drug-likeness (QED) is 0.400. The summed E-state index contributed by atoms with van der Waals surface area (Å²) in [5.74, 6) is -0.251. The van der Waals surface area contributed by atoms with Crippen molar-refractivity contribution >= 4 is 23.4 Å². The monoisotopic (exact) mass is 624 g/mol. The molecule has 2 aromatic carbocycles. The number of fused-ring (bicyclic) bond motifs is 1. The van der Waals surface area contributed by atoms with Crippen LogP contribution in [0.15, 0.2) is 48.5 Å². The molecule has 0 aliphatic carbocycles. The summed E-state index contributed by atoms with van der Waals surface area (Å²) in [6.07, 6.45) is 3.06. The number of carbonyl (C=O) groups excluding carboxylic acids is 3. The molecule has 0 fully saturated rings. The average Bonchev–Trinajstić information content (AvgIpc) is 3.02. The van der Waals surface area contributed by atoms with Gasteiger partial charge in [0.1, 0.15) is 5.75 Å². The summed E-state index contributed by atoms with van der Waals surface area (Å²) in [7, 11) is 5.70. The number of likely N-dealkylation sites (N-methyl/N-ethyl adjacent to an activating group) is 1. The molecule has 1 aliphatic rings. The summed E-state index contributed by atoms with van der Waals surface area (Å²) >= 11 is 0. The molecule has 45 heavy (non-hydrogen) atoms. The molecular weight excluding hydrogens is 572 g/mol. The molecule has 0 unspecified atom stereocenters. The van der Waals surface area contributed by atoms with Crippen LogP contribution in [0.1, 0.15) is 73.6 Å². The molecule has 0 aromatic heterocycles. The second kappa shape index (κ2) is 17.9. The number of nitrogens with one attached hydrogen (secondary N) is 1. The number of aliphatic hydroxyl groups is 1. The van der Waals surface area contributed by atoms with Crippen LogP contribution >= 0.6 is 0 Å². The molecule has 3 rings (SSSR count). The zero-order valence-electron chi connectivity index (χ0n) is 27.8. The smallest absolute Gasteiger partial charge is 0.258 e. The minimum atomic E-state index is -0.494. The highest BCUT2D eigenvalue weighted by atomic mass is 16.5. The number of hydrogen-bond donors (Lipinski definition) is 2. The van der Waals surface area contributed by atoms with E-state index < -0.39 is 6.04 Å². The van der Waals surface area contributed by atoms with Crippen LogP contribution in [0, 0.1) is 5.92 Å². The zero-order chi connectivity index (χ0) is 32.9. The maximum absolute atomic E-state index is 14.3. The number of benzene rings is 2. The third kappa shape index (κ3) is 11.1. The van der Waals surface area contributed by atoms with Crippen LogP contribution in [0.5, 0.6) is 5.75 Å². The lowest BCUT2D eigenvalue weighted by molar-refractivity contribution is -0.116. The number of aliphatic hydroxyl groups excluding tert-OH is 1. The molecule has 0 bridgehead atoms. The molecule has 0 saturated heterocycles. The summed E-state index contributed by atoms with van der Waals surface area (Å²) in [6, 6.07) is 13.8. The van der Waals surface area contributed by atoms with Crippen molar-refractivity contribution in [2.45, 2.75) is 71.1 Å². The van der Waals surface area contributed by atoms with Gasteiger partial charge in [-0.25, -0.2) is 0 Å². The summed E-state index contributed by atoms with van der Waals surface area (Å²) < 4.78 is 12.7. The van der Waals surface area contributed by atoms with E-state index in [1.165, 1.54) is 0 Å². The van der Waals surface area contributed by atoms with E-state index in [4.69, 9.17) is 9.47 Å². The molecule has 2 N–H and O–H groups in total. The van der Waals surface area contributed by atoms with Gasteiger partial charge in [0.05, 0.1) is 30.4 Å². The van der Waals surface area contributed by atoms with Gasteiger partial charge in [0, 0.05) is 50.3 Å². The Morgan fingerprint density at radius 3 is 2.51 bits per heavy atom. The molecule has 0 spiro atoms. The first-order valence-electron chi connectivity index (χ1n) is 16.1. The molecule has 10 heteroatoms. The van der Waals surface area contributed by atoms with Crippen molar-refractivity contribution in [3.63, 3.8) is 0 Å². The zero-order valence-corrected chi connectivity index (χ0v) is 27.8. The molecule has 10 nitrogen and oxygen atoms in total. The molecule has 1 aliphatic heterocycles. The fourth-order valence-corrected chi connectivity index (χ4v) is 5.40. The van der Waals surface area contributed by atoms with Crippen molar-refractivity contribution in [3.05, 3.63) is 59.7 Å². The molecule has 3 amide bonds. The van der Waals surface area contributed by atoms with Gasteiger partial charge in [0.15, 0.2) is 0 Å². The number of ether oxygens (including phenoxy) is 2. The van der Waals surface area contributed by atoms with Gasteiger partial charge in [-0.2, -0.15) is 0 Å². The summed E-state index contributed by atoms with van der Waals surface area (Å²) in [6.45, 7) is 7.51. The molecular formula is C35H52N4O6. The standard InChI is InChI=1S/C35H52N4O6/c1-25-22-39(26(2)24-40)35(43)30-21-29(36-33(41)16-12-19-37(4)5)17-18-31(30)45-27(3)13-10-11-20-44-32(25)23-38(6)34(42)28-14-8-7-9-15-28/h7-9,14-15,17-18,21,25-27,32,40H,10-13,16,19-20,22-24H2,1-6H3,(H,36,41)/t25-,26-,27-,32+/m1/s1. The fraction of sp³-hybridized carbons (Fsp3) is 0.571. The van der Waals surface area contributed by atoms with Gasteiger partial charge < -0.3 is 34.6 Å². The SMILES string of the molecule is C[C@@H]1CCCCO[C@@H](CN(C)C(=O)c2ccccc2)[C@H](C)CN([C@H](C)CO)C(=O)c2cc(NC(=O)CCCN(C)C)ccc2O1. The molecule has 0 radical (unpaired) electrons. The van der Waals surface area contributed by atoms with Gasteiger partial charge >= 0.3 is 0 Å². The summed E-state index contributed by atoms with van der Waals surface area (Å²) in [5, 5.41) is 13.1. The van der Waals surface area contributed by atoms with E-state index in [0.29, 0.717) is 42.1 Å². The van der Waals surface area contributed by atoms with Crippen molar-refractivity contribution in [1.29, 1.82) is 0 Å². The van der Waals surface area contributed by atoms with Crippen molar-refractivity contribution in [2.75, 3.05) is 59.3 Å². The minimum Gasteiger partial charge on any atom is -0.490 e. The predicted octanol–water partition coefficient (Wildman–Crippen LogP) is 4.53. The number of anilines is 1. The second-order valence-corrected chi connectivity index (χ2v) is 12.5. The number of rotatable bonds is 10. The molecule has 248 valence electrons. The number of carbonyl (C=O) groups is 3. The van der Waals surface area contributed by atoms with Crippen molar-refractivity contribution in [2.24, 2.45) is 5.92 Å². The van der Waals surface area contributed by atoms with Crippen LogP contribution in [-0.2, 0) is 9.53 Å². The van der Waals surface area contributed by atoms with Crippen LogP contribution < -0.4 is 10.1 Å². The number of nitrogens with zero attached hydrogens (tertiary/aromatic N) is 3. The van der Waals surface area contributed by atoms with E-state index in [1.54, 1.807) is 54.1 Å². The van der Waals surface area contributed by atoms with Crippen LogP contribution in [0.2, 0.25) is 0 Å². The van der Waals surface area contributed by atoms with Gasteiger partial charge in [-0.15, -0.1) is 0 Å². The van der Waals surface area contributed by atoms with Gasteiger partial charge in [-0.1, -0.05) is 25.1 Å². The van der Waals surface area contributed by atoms with E-state index in [1.807, 2.05) is 51.0 Å². The first-order chi connectivity index (χ1) is 21.5. The predicted molar refractivity (Wildman–Crippen MR) is 177 cm³/mol. The van der Waals surface area contributed by atoms with Crippen molar-refractivity contribution < 1.29 is 29.0 Å². The maximum Gasteiger partial charge on any atom is 0.258 e. The van der Waals surface area contributed by atoms with Gasteiger partial charge in [0.25, 0.3) is 11.8 Å². The Bertz CT molecular complexity index is 1240. The van der Waals surface area contributed by atoms with Crippen LogP contribution in [-0.4, -0.2) is 110 Å². The highest BCUT2D eigenvalue weighted by molar-refractivity contribution is 5.99. The third-order valence-electron chi connectivity index (χ3n) is 8.17. The third-order valence-corrected chi connectivity index (χ3v) is 8.17. The number of amides is 3. The normalized spacial score (nSPS) is 20.5. The highest BCUT2D eigenvalue weighted by Gasteiger charge is 2.31. The second-order valence-electron chi connectivity index (χ2n) is 12.5. The van der Waals surface area contributed by atoms with Gasteiger partial charge in [-0.3, -0.25) is 14.4 Å².